The maximum atomic E-state index is 6.83. The highest BCUT2D eigenvalue weighted by Gasteiger charge is 2.25. The molecule has 8 nitrogen and oxygen atoms in total. The van der Waals surface area contributed by atoms with Gasteiger partial charge in [-0.25, -0.2) is 18.3 Å². The smallest absolute Gasteiger partial charge is 0.249 e. The molecule has 2 aromatic heterocycles. The van der Waals surface area contributed by atoms with Gasteiger partial charge in [-0.05, 0) is 99.9 Å². The van der Waals surface area contributed by atoms with Gasteiger partial charge in [0.1, 0.15) is 59.2 Å². The lowest BCUT2D eigenvalue weighted by atomic mass is 9.90. The van der Waals surface area contributed by atoms with Crippen LogP contribution in [0.25, 0.3) is 11.4 Å². The van der Waals surface area contributed by atoms with E-state index >= 15 is 0 Å². The zero-order valence-corrected chi connectivity index (χ0v) is 37.3. The van der Waals surface area contributed by atoms with Gasteiger partial charge in [-0.15, -0.1) is 0 Å². The van der Waals surface area contributed by atoms with E-state index in [1.807, 2.05) is 0 Å². The van der Waals surface area contributed by atoms with Gasteiger partial charge in [0.15, 0.2) is 0 Å². The summed E-state index contributed by atoms with van der Waals surface area (Å²) in [7, 11) is 0. The second-order valence-corrected chi connectivity index (χ2v) is 16.8. The minimum absolute atomic E-state index is 0.348. The van der Waals surface area contributed by atoms with Crippen LogP contribution in [0.1, 0.15) is 138 Å². The van der Waals surface area contributed by atoms with Crippen molar-refractivity contribution in [3.05, 3.63) is 143 Å². The zero-order chi connectivity index (χ0) is 42.2. The van der Waals surface area contributed by atoms with Crippen LogP contribution in [0.2, 0.25) is 0 Å². The average molecular weight is 811 g/mol. The van der Waals surface area contributed by atoms with Crippen LogP contribution in [0.15, 0.2) is 98.1 Å². The highest BCUT2D eigenvalue weighted by atomic mass is 16.5. The predicted molar refractivity (Wildman–Crippen MR) is 240 cm³/mol. The van der Waals surface area contributed by atoms with Crippen LogP contribution >= 0.6 is 0 Å². The van der Waals surface area contributed by atoms with Crippen LogP contribution in [0.5, 0.6) is 23.0 Å². The maximum Gasteiger partial charge on any atom is 0.249 e. The van der Waals surface area contributed by atoms with Crippen molar-refractivity contribution in [2.75, 3.05) is 26.4 Å². The molecule has 1 aliphatic carbocycles. The van der Waals surface area contributed by atoms with E-state index in [0.717, 1.165) is 105 Å². The largest absolute Gasteiger partial charge is 0.493 e. The highest BCUT2D eigenvalue weighted by Crippen LogP contribution is 2.41. The summed E-state index contributed by atoms with van der Waals surface area (Å²) in [5, 5.41) is 0. The Kier molecular flexibility index (Phi) is 14.0. The number of nitrogens with zero attached hydrogens (tertiary/aromatic N) is 4. The van der Waals surface area contributed by atoms with E-state index in [2.05, 4.69) is 172 Å². The Labute approximate surface area is 358 Å². The summed E-state index contributed by atoms with van der Waals surface area (Å²) in [4.78, 5) is 0. The third-order valence-corrected chi connectivity index (χ3v) is 11.2. The van der Waals surface area contributed by atoms with Crippen LogP contribution < -0.4 is 28.1 Å². The molecule has 0 unspecified atom stereocenters. The molecule has 0 spiro atoms. The number of para-hydroxylation sites is 2. The zero-order valence-electron chi connectivity index (χ0n) is 37.3. The fraction of sp³-hybridized carbons (Fsp3) is 0.423. The molecule has 1 aliphatic rings. The van der Waals surface area contributed by atoms with Crippen molar-refractivity contribution in [3.8, 4) is 34.4 Å². The molecule has 8 bridgehead atoms. The van der Waals surface area contributed by atoms with Crippen LogP contribution in [0.3, 0.4) is 0 Å². The Hall–Kier alpha value is -5.50. The molecule has 60 heavy (non-hydrogen) atoms. The molecule has 0 saturated heterocycles. The molecule has 0 amide bonds. The van der Waals surface area contributed by atoms with Crippen molar-refractivity contribution in [1.82, 2.24) is 9.13 Å². The molecule has 4 aromatic carbocycles. The van der Waals surface area contributed by atoms with E-state index in [-0.39, 0.29) is 0 Å². The highest BCUT2D eigenvalue weighted by molar-refractivity contribution is 5.60. The summed E-state index contributed by atoms with van der Waals surface area (Å²) in [6.07, 6.45) is 19.3. The summed E-state index contributed by atoms with van der Waals surface area (Å²) in [6.45, 7) is 20.1. The van der Waals surface area contributed by atoms with Gasteiger partial charge >= 0.3 is 0 Å². The van der Waals surface area contributed by atoms with E-state index in [4.69, 9.17) is 18.9 Å². The first-order valence-electron chi connectivity index (χ1n) is 22.4. The number of fused-ring (bicyclic) bond motifs is 8. The Morgan fingerprint density at radius 3 is 0.983 bits per heavy atom. The standard InChI is InChI=1S/C52H66N4O4/c1-9-23-57-49-39-15-13-16-40(49)28-44-32-48(56-22-20-54(36-56)38(7)8)34-46(52(44)60-26-12-4)30-42-18-14-17-41(50(42)58-24-10-2)29-45-33-47(55-21-19-53(35-55)37(5)6)31-43(27-39)51(45)59-25-11-3/h13-22,31-38H,9-12,23-30H2,1-8H3/q+2. The molecule has 7 rings (SSSR count). The molecule has 6 aromatic rings. The SMILES string of the molecule is CCCOc1c2cccc1Cc1cc(-n3cc[n+](C(C)C)c3)cc(c1OCCC)Cc1cccc(c1OCCC)Cc1cc(-n3cc[n+](C(C)C)c3)cc(c1OCCC)C2. The first-order chi connectivity index (χ1) is 29.2. The normalized spacial score (nSPS) is 12.6. The van der Waals surface area contributed by atoms with Crippen molar-refractivity contribution >= 4 is 0 Å². The lowest BCUT2D eigenvalue weighted by molar-refractivity contribution is -0.715. The average Bonchev–Trinajstić information content (AvgIpc) is 3.94. The molecule has 0 saturated carbocycles. The van der Waals surface area contributed by atoms with Crippen molar-refractivity contribution in [2.45, 2.75) is 119 Å². The number of rotatable bonds is 16. The molecule has 316 valence electrons. The molecule has 0 aliphatic heterocycles. The van der Waals surface area contributed by atoms with E-state index in [1.54, 1.807) is 0 Å². The lowest BCUT2D eigenvalue weighted by Gasteiger charge is -2.23. The summed E-state index contributed by atoms with van der Waals surface area (Å²) >= 11 is 0. The topological polar surface area (TPSA) is 54.5 Å². The maximum absolute atomic E-state index is 6.83. The lowest BCUT2D eigenvalue weighted by Crippen LogP contribution is -2.33. The van der Waals surface area contributed by atoms with Crippen LogP contribution in [0.4, 0.5) is 0 Å². The quantitative estimate of drug-likeness (QED) is 0.0913. The van der Waals surface area contributed by atoms with Crippen LogP contribution in [-0.2, 0) is 25.7 Å². The Balaban J connectivity index is 1.51. The monoisotopic (exact) mass is 811 g/mol. The molecular weight excluding hydrogens is 745 g/mol. The van der Waals surface area contributed by atoms with Gasteiger partial charge in [-0.1, -0.05) is 64.1 Å². The Bertz CT molecular complexity index is 2110. The number of imidazole rings is 2. The number of aromatic nitrogens is 4. The fourth-order valence-corrected chi connectivity index (χ4v) is 8.16. The van der Waals surface area contributed by atoms with Crippen LogP contribution in [0, 0.1) is 0 Å². The summed E-state index contributed by atoms with van der Waals surface area (Å²) in [5.41, 5.74) is 11.3. The van der Waals surface area contributed by atoms with E-state index < -0.39 is 0 Å². The molecule has 0 atom stereocenters. The first-order valence-corrected chi connectivity index (χ1v) is 22.4. The van der Waals surface area contributed by atoms with Crippen molar-refractivity contribution in [3.63, 3.8) is 0 Å². The van der Waals surface area contributed by atoms with Gasteiger partial charge in [-0.3, -0.25) is 0 Å². The fourth-order valence-electron chi connectivity index (χ4n) is 8.16. The van der Waals surface area contributed by atoms with Gasteiger partial charge in [0, 0.05) is 47.9 Å². The van der Waals surface area contributed by atoms with Gasteiger partial charge in [0.25, 0.3) is 0 Å². The van der Waals surface area contributed by atoms with Crippen molar-refractivity contribution < 1.29 is 28.1 Å². The van der Waals surface area contributed by atoms with Gasteiger partial charge in [0.05, 0.1) is 38.5 Å². The number of ether oxygens (including phenoxy) is 4. The second kappa shape index (κ2) is 19.7. The van der Waals surface area contributed by atoms with Gasteiger partial charge < -0.3 is 18.9 Å². The Morgan fingerprint density at radius 1 is 0.450 bits per heavy atom. The molecule has 0 fully saturated rings. The number of hydrogen-bond donors (Lipinski definition) is 0. The van der Waals surface area contributed by atoms with Crippen molar-refractivity contribution in [2.24, 2.45) is 0 Å². The molecule has 2 heterocycles. The summed E-state index contributed by atoms with van der Waals surface area (Å²) < 4.78 is 36.2. The van der Waals surface area contributed by atoms with Gasteiger partial charge in [-0.2, -0.15) is 0 Å². The minimum Gasteiger partial charge on any atom is -0.493 e. The predicted octanol–water partition coefficient (Wildman–Crippen LogP) is 10.8. The Morgan fingerprint density at radius 2 is 0.733 bits per heavy atom. The van der Waals surface area contributed by atoms with E-state index in [0.29, 0.717) is 64.2 Å². The second-order valence-electron chi connectivity index (χ2n) is 16.8. The number of benzene rings is 4. The summed E-state index contributed by atoms with van der Waals surface area (Å²) in [6, 6.07) is 23.3. The minimum atomic E-state index is 0.348. The third kappa shape index (κ3) is 9.59. The van der Waals surface area contributed by atoms with E-state index in [1.165, 1.54) is 0 Å². The summed E-state index contributed by atoms with van der Waals surface area (Å²) in [5.74, 6) is 3.80. The first kappa shape index (κ1) is 42.6. The van der Waals surface area contributed by atoms with Gasteiger partial charge in [0.2, 0.25) is 12.7 Å². The molecule has 0 radical (unpaired) electrons. The molecule has 8 heteroatoms. The molecule has 0 N–H and O–H groups in total. The number of hydrogen-bond acceptors (Lipinski definition) is 4. The molecular formula is C52H66N4O4+2. The van der Waals surface area contributed by atoms with Crippen molar-refractivity contribution in [1.29, 1.82) is 0 Å². The van der Waals surface area contributed by atoms with Crippen LogP contribution in [-0.4, -0.2) is 35.6 Å². The third-order valence-electron chi connectivity index (χ3n) is 11.2. The van der Waals surface area contributed by atoms with E-state index in [9.17, 15) is 0 Å².